The van der Waals surface area contributed by atoms with Crippen molar-refractivity contribution in [2.24, 2.45) is 0 Å². The zero-order valence-electron chi connectivity index (χ0n) is 18.6. The molecule has 6 rings (SSSR count). The summed E-state index contributed by atoms with van der Waals surface area (Å²) in [5, 5.41) is 8.08. The third-order valence-corrected chi connectivity index (χ3v) is 8.50. The number of nitrogens with zero attached hydrogens (tertiary/aromatic N) is 4. The van der Waals surface area contributed by atoms with Crippen molar-refractivity contribution in [3.8, 4) is 5.69 Å². The molecule has 1 saturated carbocycles. The molecule has 0 bridgehead atoms. The van der Waals surface area contributed by atoms with Crippen molar-refractivity contribution in [1.82, 2.24) is 19.7 Å². The third kappa shape index (κ3) is 3.98. The molecule has 3 aromatic carbocycles. The van der Waals surface area contributed by atoms with E-state index in [1.807, 2.05) is 36.4 Å². The van der Waals surface area contributed by atoms with Gasteiger partial charge in [-0.3, -0.25) is 4.79 Å². The van der Waals surface area contributed by atoms with Crippen molar-refractivity contribution in [3.05, 3.63) is 84.2 Å². The Labute approximate surface area is 201 Å². The van der Waals surface area contributed by atoms with Gasteiger partial charge in [-0.2, -0.15) is 0 Å². The van der Waals surface area contributed by atoms with E-state index in [1.54, 1.807) is 33.8 Å². The monoisotopic (exact) mass is 491 g/mol. The van der Waals surface area contributed by atoms with Gasteiger partial charge in [0.1, 0.15) is 11.3 Å². The lowest BCUT2D eigenvalue weighted by Gasteiger charge is -2.29. The number of amides is 1. The lowest BCUT2D eigenvalue weighted by Crippen LogP contribution is -2.41. The number of anilines is 1. The second-order valence-electron chi connectivity index (χ2n) is 8.94. The second kappa shape index (κ2) is 8.24. The van der Waals surface area contributed by atoms with E-state index >= 15 is 0 Å². The molecule has 0 unspecified atom stereocenters. The standard InChI is InChI=1S/C25H22FN5O3S/c26-17-6-8-18(9-7-17)31-23-13-10-19(14-21(23)27-29-31)30-24(32)15-22(28-35(33,34)20-11-12-20)25(30)16-4-2-1-3-5-16/h1-10,13-14,20,22,25,28H,11-12,15H2/t22-,25+/m0/s1. The quantitative estimate of drug-likeness (QED) is 0.445. The van der Waals surface area contributed by atoms with Gasteiger partial charge in [-0.1, -0.05) is 35.5 Å². The molecule has 0 radical (unpaired) electrons. The Kier molecular flexibility index (Phi) is 5.15. The van der Waals surface area contributed by atoms with Crippen molar-refractivity contribution in [3.63, 3.8) is 0 Å². The predicted molar refractivity (Wildman–Crippen MR) is 129 cm³/mol. The van der Waals surface area contributed by atoms with Crippen molar-refractivity contribution in [1.29, 1.82) is 0 Å². The summed E-state index contributed by atoms with van der Waals surface area (Å²) < 4.78 is 43.2. The largest absolute Gasteiger partial charge is 0.303 e. The number of aromatic nitrogens is 3. The first kappa shape index (κ1) is 21.9. The Bertz CT molecular complexity index is 1520. The summed E-state index contributed by atoms with van der Waals surface area (Å²) in [6.07, 6.45) is 1.36. The average Bonchev–Trinajstić information content (AvgIpc) is 3.57. The summed E-state index contributed by atoms with van der Waals surface area (Å²) in [4.78, 5) is 14.9. The van der Waals surface area contributed by atoms with E-state index < -0.39 is 22.1 Å². The zero-order chi connectivity index (χ0) is 24.2. The normalized spacial score (nSPS) is 20.6. The van der Waals surface area contributed by atoms with Gasteiger partial charge in [-0.05, 0) is 60.9 Å². The van der Waals surface area contributed by atoms with Crippen molar-refractivity contribution >= 4 is 32.7 Å². The first-order valence-electron chi connectivity index (χ1n) is 11.4. The van der Waals surface area contributed by atoms with E-state index in [9.17, 15) is 17.6 Å². The van der Waals surface area contributed by atoms with E-state index in [0.29, 0.717) is 35.2 Å². The first-order chi connectivity index (χ1) is 16.9. The first-order valence-corrected chi connectivity index (χ1v) is 12.9. The molecule has 2 heterocycles. The van der Waals surface area contributed by atoms with E-state index in [-0.39, 0.29) is 23.4 Å². The van der Waals surface area contributed by atoms with Gasteiger partial charge >= 0.3 is 0 Å². The summed E-state index contributed by atoms with van der Waals surface area (Å²) in [5.41, 5.74) is 3.38. The number of nitrogens with one attached hydrogen (secondary N) is 1. The molecule has 4 aromatic rings. The van der Waals surface area contributed by atoms with Crippen LogP contribution in [0.4, 0.5) is 10.1 Å². The molecule has 1 N–H and O–H groups in total. The molecule has 178 valence electrons. The molecule has 10 heteroatoms. The summed E-state index contributed by atoms with van der Waals surface area (Å²) in [7, 11) is -3.49. The maximum absolute atomic E-state index is 13.3. The third-order valence-electron chi connectivity index (χ3n) is 6.52. The second-order valence-corrected chi connectivity index (χ2v) is 10.9. The highest BCUT2D eigenvalue weighted by atomic mass is 32.2. The number of carbonyl (C=O) groups excluding carboxylic acids is 1. The maximum Gasteiger partial charge on any atom is 0.229 e. The number of hydrogen-bond donors (Lipinski definition) is 1. The molecule has 1 saturated heterocycles. The fraction of sp³-hybridized carbons (Fsp3) is 0.240. The summed E-state index contributed by atoms with van der Waals surface area (Å²) >= 11 is 0. The van der Waals surface area contributed by atoms with Gasteiger partial charge in [0.05, 0.1) is 28.5 Å². The number of rotatable bonds is 6. The number of hydrogen-bond acceptors (Lipinski definition) is 5. The van der Waals surface area contributed by atoms with Crippen LogP contribution in [-0.2, 0) is 14.8 Å². The Morgan fingerprint density at radius 2 is 1.66 bits per heavy atom. The molecule has 2 fully saturated rings. The fourth-order valence-corrected chi connectivity index (χ4v) is 6.28. The molecule has 1 aliphatic heterocycles. The Morgan fingerprint density at radius 3 is 2.37 bits per heavy atom. The minimum absolute atomic E-state index is 0.0613. The van der Waals surface area contributed by atoms with Gasteiger partial charge in [0.15, 0.2) is 0 Å². The zero-order valence-corrected chi connectivity index (χ0v) is 19.4. The molecule has 35 heavy (non-hydrogen) atoms. The minimum Gasteiger partial charge on any atom is -0.303 e. The van der Waals surface area contributed by atoms with Crippen LogP contribution in [0.1, 0.15) is 30.9 Å². The van der Waals surface area contributed by atoms with Gasteiger partial charge in [0.25, 0.3) is 0 Å². The predicted octanol–water partition coefficient (Wildman–Crippen LogP) is 3.49. The van der Waals surface area contributed by atoms with Crippen LogP contribution in [0.15, 0.2) is 72.8 Å². The summed E-state index contributed by atoms with van der Waals surface area (Å²) in [6, 6.07) is 19.7. The topological polar surface area (TPSA) is 97.2 Å². The summed E-state index contributed by atoms with van der Waals surface area (Å²) in [5.74, 6) is -0.514. The SMILES string of the molecule is O=C1C[C@H](NS(=O)(=O)C2CC2)[C@@H](c2ccccc2)N1c1ccc2c(c1)nnn2-c1ccc(F)cc1. The minimum atomic E-state index is -3.49. The van der Waals surface area contributed by atoms with Crippen LogP contribution in [0.2, 0.25) is 0 Å². The van der Waals surface area contributed by atoms with Crippen molar-refractivity contribution < 1.29 is 17.6 Å². The smallest absolute Gasteiger partial charge is 0.229 e. The number of sulfonamides is 1. The van der Waals surface area contributed by atoms with Crippen molar-refractivity contribution in [2.45, 2.75) is 36.6 Å². The van der Waals surface area contributed by atoms with Crippen LogP contribution < -0.4 is 9.62 Å². The molecule has 8 nitrogen and oxygen atoms in total. The highest BCUT2D eigenvalue weighted by molar-refractivity contribution is 7.90. The maximum atomic E-state index is 13.3. The Hall–Kier alpha value is -3.63. The van der Waals surface area contributed by atoms with Gasteiger partial charge in [-0.15, -0.1) is 5.10 Å². The molecular formula is C25H22FN5O3S. The fourth-order valence-electron chi connectivity index (χ4n) is 4.70. The number of benzene rings is 3. The summed E-state index contributed by atoms with van der Waals surface area (Å²) in [6.45, 7) is 0. The van der Waals surface area contributed by atoms with Gasteiger partial charge in [0.2, 0.25) is 15.9 Å². The van der Waals surface area contributed by atoms with E-state index in [4.69, 9.17) is 0 Å². The van der Waals surface area contributed by atoms with Crippen LogP contribution >= 0.6 is 0 Å². The van der Waals surface area contributed by atoms with Crippen LogP contribution in [0.3, 0.4) is 0 Å². The van der Waals surface area contributed by atoms with Crippen LogP contribution in [0, 0.1) is 5.82 Å². The Balaban J connectivity index is 1.39. The molecule has 2 aliphatic rings. The van der Waals surface area contributed by atoms with Gasteiger partial charge in [0, 0.05) is 12.1 Å². The molecular weight excluding hydrogens is 469 g/mol. The van der Waals surface area contributed by atoms with E-state index in [0.717, 1.165) is 5.56 Å². The molecule has 1 amide bonds. The van der Waals surface area contributed by atoms with Gasteiger partial charge in [-0.25, -0.2) is 22.2 Å². The lowest BCUT2D eigenvalue weighted by molar-refractivity contribution is -0.117. The molecule has 1 aliphatic carbocycles. The molecule has 2 atom stereocenters. The lowest BCUT2D eigenvalue weighted by atomic mass is 10.0. The van der Waals surface area contributed by atoms with Crippen LogP contribution in [-0.4, -0.2) is 40.6 Å². The highest BCUT2D eigenvalue weighted by Crippen LogP contribution is 2.39. The van der Waals surface area contributed by atoms with Crippen molar-refractivity contribution in [2.75, 3.05) is 4.90 Å². The van der Waals surface area contributed by atoms with Crippen LogP contribution in [0.25, 0.3) is 16.7 Å². The molecule has 1 aromatic heterocycles. The van der Waals surface area contributed by atoms with Crippen LogP contribution in [0.5, 0.6) is 0 Å². The number of halogens is 1. The average molecular weight is 492 g/mol. The highest BCUT2D eigenvalue weighted by Gasteiger charge is 2.46. The number of fused-ring (bicyclic) bond motifs is 1. The number of carbonyl (C=O) groups is 1. The van der Waals surface area contributed by atoms with E-state index in [1.165, 1.54) is 12.1 Å². The molecule has 0 spiro atoms. The van der Waals surface area contributed by atoms with E-state index in [2.05, 4.69) is 15.0 Å². The Morgan fingerprint density at radius 1 is 0.943 bits per heavy atom. The van der Waals surface area contributed by atoms with Gasteiger partial charge < -0.3 is 4.90 Å².